The standard InChI is InChI=1S/C21H28N2OS2/c1-2-25-16-17-7-9-19(10-8-17)21(24)22-13-18-5-3-11-23(14-18)15-20-6-4-12-26-20/h4,6-10,12,18H,2-3,5,11,13-16H2,1H3,(H,22,24). The summed E-state index contributed by atoms with van der Waals surface area (Å²) < 4.78 is 0. The summed E-state index contributed by atoms with van der Waals surface area (Å²) in [6.07, 6.45) is 2.42. The number of hydrogen-bond donors (Lipinski definition) is 1. The molecule has 5 heteroatoms. The second-order valence-electron chi connectivity index (χ2n) is 6.87. The maximum Gasteiger partial charge on any atom is 0.251 e. The van der Waals surface area contributed by atoms with Crippen LogP contribution in [0.15, 0.2) is 41.8 Å². The van der Waals surface area contributed by atoms with Crippen molar-refractivity contribution in [1.82, 2.24) is 10.2 Å². The lowest BCUT2D eigenvalue weighted by molar-refractivity contribution is 0.0931. The van der Waals surface area contributed by atoms with Crippen molar-refractivity contribution in [3.8, 4) is 0 Å². The minimum atomic E-state index is 0.0510. The molecule has 1 atom stereocenters. The Morgan fingerprint density at radius 3 is 2.88 bits per heavy atom. The van der Waals surface area contributed by atoms with E-state index in [4.69, 9.17) is 0 Å². The smallest absolute Gasteiger partial charge is 0.251 e. The molecule has 26 heavy (non-hydrogen) atoms. The van der Waals surface area contributed by atoms with Crippen LogP contribution in [0.1, 0.15) is 40.6 Å². The lowest BCUT2D eigenvalue weighted by Crippen LogP contribution is -2.40. The Balaban J connectivity index is 1.44. The first-order valence-corrected chi connectivity index (χ1v) is 11.5. The molecule has 0 radical (unpaired) electrons. The first kappa shape index (κ1) is 19.5. The molecular weight excluding hydrogens is 360 g/mol. The molecule has 3 rings (SSSR count). The van der Waals surface area contributed by atoms with Crippen LogP contribution in [0.5, 0.6) is 0 Å². The summed E-state index contributed by atoms with van der Waals surface area (Å²) in [5, 5.41) is 5.28. The van der Waals surface area contributed by atoms with Gasteiger partial charge in [-0.25, -0.2) is 0 Å². The van der Waals surface area contributed by atoms with E-state index in [1.54, 1.807) is 0 Å². The van der Waals surface area contributed by atoms with E-state index in [2.05, 4.69) is 46.8 Å². The van der Waals surface area contributed by atoms with Crippen molar-refractivity contribution in [2.24, 2.45) is 5.92 Å². The molecule has 140 valence electrons. The van der Waals surface area contributed by atoms with Gasteiger partial charge in [0, 0.05) is 35.8 Å². The fraction of sp³-hybridized carbons (Fsp3) is 0.476. The van der Waals surface area contributed by atoms with Gasteiger partial charge in [-0.15, -0.1) is 11.3 Å². The van der Waals surface area contributed by atoms with Crippen LogP contribution < -0.4 is 5.32 Å². The van der Waals surface area contributed by atoms with Crippen LogP contribution in [-0.4, -0.2) is 36.2 Å². The van der Waals surface area contributed by atoms with Crippen LogP contribution in [0.2, 0.25) is 0 Å². The SMILES string of the molecule is CCSCc1ccc(C(=O)NCC2CCCN(Cc3cccs3)C2)cc1. The lowest BCUT2D eigenvalue weighted by atomic mass is 9.97. The summed E-state index contributed by atoms with van der Waals surface area (Å²) in [6.45, 7) is 6.22. The van der Waals surface area contributed by atoms with Gasteiger partial charge in [-0.2, -0.15) is 11.8 Å². The molecule has 1 N–H and O–H groups in total. The quantitative estimate of drug-likeness (QED) is 0.715. The third-order valence-electron chi connectivity index (χ3n) is 4.80. The van der Waals surface area contributed by atoms with Crippen LogP contribution in [-0.2, 0) is 12.3 Å². The highest BCUT2D eigenvalue weighted by Gasteiger charge is 2.21. The molecule has 1 fully saturated rings. The highest BCUT2D eigenvalue weighted by atomic mass is 32.2. The van der Waals surface area contributed by atoms with Crippen molar-refractivity contribution in [3.05, 3.63) is 57.8 Å². The molecule has 1 saturated heterocycles. The zero-order chi connectivity index (χ0) is 18.2. The van der Waals surface area contributed by atoms with E-state index >= 15 is 0 Å². The van der Waals surface area contributed by atoms with Crippen molar-refractivity contribution in [3.63, 3.8) is 0 Å². The molecular formula is C21H28N2OS2. The second-order valence-corrected chi connectivity index (χ2v) is 9.17. The number of thiophene rings is 1. The summed E-state index contributed by atoms with van der Waals surface area (Å²) in [4.78, 5) is 16.4. The molecule has 2 aromatic rings. The molecule has 1 amide bonds. The van der Waals surface area contributed by atoms with E-state index in [0.717, 1.165) is 36.7 Å². The summed E-state index contributed by atoms with van der Waals surface area (Å²) in [5.74, 6) is 2.73. The van der Waals surface area contributed by atoms with Crippen LogP contribution in [0.25, 0.3) is 0 Å². The van der Waals surface area contributed by atoms with Gasteiger partial charge in [-0.3, -0.25) is 9.69 Å². The Kier molecular flexibility index (Phi) is 7.59. The number of amides is 1. The number of thioether (sulfide) groups is 1. The van der Waals surface area contributed by atoms with Gasteiger partial charge in [0.1, 0.15) is 0 Å². The van der Waals surface area contributed by atoms with Crippen molar-refractivity contribution >= 4 is 29.0 Å². The molecule has 2 heterocycles. The fourth-order valence-corrected chi connectivity index (χ4v) is 4.77. The van der Waals surface area contributed by atoms with Crippen LogP contribution in [0, 0.1) is 5.92 Å². The Labute approximate surface area is 165 Å². The third kappa shape index (κ3) is 5.86. The van der Waals surface area contributed by atoms with Gasteiger partial charge in [-0.1, -0.05) is 25.1 Å². The van der Waals surface area contributed by atoms with Crippen molar-refractivity contribution in [2.45, 2.75) is 32.1 Å². The van der Waals surface area contributed by atoms with Crippen molar-refractivity contribution < 1.29 is 4.79 Å². The maximum atomic E-state index is 12.4. The number of likely N-dealkylation sites (tertiary alicyclic amines) is 1. The molecule has 1 unspecified atom stereocenters. The molecule has 1 aromatic heterocycles. The first-order valence-electron chi connectivity index (χ1n) is 9.44. The zero-order valence-electron chi connectivity index (χ0n) is 15.4. The van der Waals surface area contributed by atoms with Gasteiger partial charge in [0.25, 0.3) is 5.91 Å². The van der Waals surface area contributed by atoms with Crippen LogP contribution in [0.3, 0.4) is 0 Å². The first-order chi connectivity index (χ1) is 12.7. The van der Waals surface area contributed by atoms with Gasteiger partial charge in [0.2, 0.25) is 0 Å². The van der Waals surface area contributed by atoms with Gasteiger partial charge >= 0.3 is 0 Å². The van der Waals surface area contributed by atoms with Gasteiger partial charge in [0.05, 0.1) is 0 Å². The average Bonchev–Trinajstić information content (AvgIpc) is 3.18. The molecule has 0 bridgehead atoms. The monoisotopic (exact) mass is 388 g/mol. The van der Waals surface area contributed by atoms with Crippen molar-refractivity contribution in [2.75, 3.05) is 25.4 Å². The summed E-state index contributed by atoms with van der Waals surface area (Å²) in [5.41, 5.74) is 2.05. The number of nitrogens with one attached hydrogen (secondary N) is 1. The van der Waals surface area contributed by atoms with E-state index in [9.17, 15) is 4.79 Å². The minimum absolute atomic E-state index is 0.0510. The zero-order valence-corrected chi connectivity index (χ0v) is 17.1. The van der Waals surface area contributed by atoms with Crippen molar-refractivity contribution in [1.29, 1.82) is 0 Å². The molecule has 0 spiro atoms. The number of rotatable bonds is 8. The number of carbonyl (C=O) groups is 1. The predicted octanol–water partition coefficient (Wildman–Crippen LogP) is 4.64. The molecule has 0 saturated carbocycles. The molecule has 1 aliphatic heterocycles. The largest absolute Gasteiger partial charge is 0.352 e. The maximum absolute atomic E-state index is 12.4. The Morgan fingerprint density at radius 1 is 1.31 bits per heavy atom. The Hall–Kier alpha value is -1.30. The second kappa shape index (κ2) is 10.1. The number of hydrogen-bond acceptors (Lipinski definition) is 4. The van der Waals surface area contributed by atoms with E-state index < -0.39 is 0 Å². The number of piperidine rings is 1. The summed E-state index contributed by atoms with van der Waals surface area (Å²) in [7, 11) is 0. The number of nitrogens with zero attached hydrogens (tertiary/aromatic N) is 1. The van der Waals surface area contributed by atoms with E-state index in [-0.39, 0.29) is 5.91 Å². The Bertz CT molecular complexity index is 670. The highest BCUT2D eigenvalue weighted by Crippen LogP contribution is 2.20. The van der Waals surface area contributed by atoms with E-state index in [1.807, 2.05) is 35.2 Å². The van der Waals surface area contributed by atoms with Gasteiger partial charge in [0.15, 0.2) is 0 Å². The summed E-state index contributed by atoms with van der Waals surface area (Å²) >= 11 is 3.73. The van der Waals surface area contributed by atoms with Crippen LogP contribution >= 0.6 is 23.1 Å². The fourth-order valence-electron chi connectivity index (χ4n) is 3.40. The molecule has 1 aromatic carbocycles. The average molecular weight is 389 g/mol. The van der Waals surface area contributed by atoms with Gasteiger partial charge < -0.3 is 5.32 Å². The Morgan fingerprint density at radius 2 is 2.15 bits per heavy atom. The molecule has 1 aliphatic rings. The highest BCUT2D eigenvalue weighted by molar-refractivity contribution is 7.98. The number of benzene rings is 1. The van der Waals surface area contributed by atoms with E-state index in [0.29, 0.717) is 5.92 Å². The minimum Gasteiger partial charge on any atom is -0.352 e. The topological polar surface area (TPSA) is 32.3 Å². The van der Waals surface area contributed by atoms with Gasteiger partial charge in [-0.05, 0) is 60.2 Å². The normalized spacial score (nSPS) is 18.0. The third-order valence-corrected chi connectivity index (χ3v) is 6.61. The summed E-state index contributed by atoms with van der Waals surface area (Å²) in [6, 6.07) is 12.4. The number of carbonyl (C=O) groups excluding carboxylic acids is 1. The van der Waals surface area contributed by atoms with E-state index in [1.165, 1.54) is 29.8 Å². The predicted molar refractivity (Wildman–Crippen MR) is 113 cm³/mol. The lowest BCUT2D eigenvalue weighted by Gasteiger charge is -2.32. The molecule has 0 aliphatic carbocycles. The van der Waals surface area contributed by atoms with Crippen LogP contribution in [0.4, 0.5) is 0 Å². The molecule has 3 nitrogen and oxygen atoms in total.